The van der Waals surface area contributed by atoms with Gasteiger partial charge in [0.25, 0.3) is 0 Å². The predicted octanol–water partition coefficient (Wildman–Crippen LogP) is -2.53. The van der Waals surface area contributed by atoms with E-state index in [0.717, 1.165) is 0 Å². The van der Waals surface area contributed by atoms with Crippen LogP contribution in [0.25, 0.3) is 0 Å². The van der Waals surface area contributed by atoms with Gasteiger partial charge in [0.15, 0.2) is 0 Å². The van der Waals surface area contributed by atoms with E-state index in [-0.39, 0.29) is 19.3 Å². The summed E-state index contributed by atoms with van der Waals surface area (Å²) in [4.78, 5) is 70.6. The normalized spacial score (nSPS) is 13.1. The van der Waals surface area contributed by atoms with Gasteiger partial charge in [0.1, 0.15) is 18.1 Å². The third-order valence-corrected chi connectivity index (χ3v) is 4.43. The maximum atomic E-state index is 12.8. The Balaban J connectivity index is 3.09. The average Bonchev–Trinajstić information content (AvgIpc) is 2.75. The largest absolute Gasteiger partial charge is 0.481 e. The molecule has 0 saturated carbocycles. The molecule has 3 unspecified atom stereocenters. The molecule has 0 heterocycles. The van der Waals surface area contributed by atoms with Crippen molar-refractivity contribution in [1.82, 2.24) is 16.0 Å². The molecular formula is C20H27N5O8. The third kappa shape index (κ3) is 10.2. The molecule has 0 radical (unpaired) electrons. The molecule has 0 spiro atoms. The number of aliphatic carboxylic acids is 2. The van der Waals surface area contributed by atoms with Crippen molar-refractivity contribution in [3.05, 3.63) is 35.9 Å². The number of carbonyl (C=O) groups is 6. The highest BCUT2D eigenvalue weighted by atomic mass is 16.4. The van der Waals surface area contributed by atoms with Crippen LogP contribution in [0, 0.1) is 0 Å². The van der Waals surface area contributed by atoms with E-state index in [1.807, 2.05) is 0 Å². The first kappa shape index (κ1) is 27.0. The first-order valence-electron chi connectivity index (χ1n) is 9.90. The van der Waals surface area contributed by atoms with Gasteiger partial charge in [-0.1, -0.05) is 30.3 Å². The van der Waals surface area contributed by atoms with Crippen LogP contribution in [-0.2, 0) is 35.2 Å². The van der Waals surface area contributed by atoms with Crippen molar-refractivity contribution in [3.63, 3.8) is 0 Å². The lowest BCUT2D eigenvalue weighted by Gasteiger charge is -2.24. The molecule has 9 N–H and O–H groups in total. The lowest BCUT2D eigenvalue weighted by molar-refractivity contribution is -0.147. The molecule has 13 nitrogen and oxygen atoms in total. The molecule has 0 aliphatic carbocycles. The van der Waals surface area contributed by atoms with Crippen molar-refractivity contribution >= 4 is 35.6 Å². The lowest BCUT2D eigenvalue weighted by Crippen LogP contribution is -2.57. The van der Waals surface area contributed by atoms with E-state index in [1.54, 1.807) is 30.3 Å². The van der Waals surface area contributed by atoms with Crippen LogP contribution < -0.4 is 27.4 Å². The minimum absolute atomic E-state index is 0.0643. The van der Waals surface area contributed by atoms with E-state index in [2.05, 4.69) is 16.0 Å². The monoisotopic (exact) mass is 465 g/mol. The molecular weight excluding hydrogens is 438 g/mol. The van der Waals surface area contributed by atoms with Crippen LogP contribution in [0.15, 0.2) is 30.3 Å². The first-order valence-corrected chi connectivity index (χ1v) is 9.90. The van der Waals surface area contributed by atoms with Gasteiger partial charge in [0.2, 0.25) is 23.6 Å². The Labute approximate surface area is 188 Å². The molecule has 0 saturated heterocycles. The van der Waals surface area contributed by atoms with Gasteiger partial charge < -0.3 is 37.6 Å². The van der Waals surface area contributed by atoms with Gasteiger partial charge >= 0.3 is 11.9 Å². The SMILES string of the molecule is NCC(=O)NC(CCC(N)=O)C(=O)NC(Cc1ccccc1)C(=O)NC(CC(=O)O)C(=O)O. The van der Waals surface area contributed by atoms with Gasteiger partial charge in [-0.15, -0.1) is 0 Å². The summed E-state index contributed by atoms with van der Waals surface area (Å²) in [5, 5.41) is 24.9. The number of carboxylic acid groups (broad SMARTS) is 2. The summed E-state index contributed by atoms with van der Waals surface area (Å²) in [5.41, 5.74) is 11.0. The van der Waals surface area contributed by atoms with Crippen LogP contribution in [0.2, 0.25) is 0 Å². The summed E-state index contributed by atoms with van der Waals surface area (Å²) in [5.74, 6) is -6.19. The maximum Gasteiger partial charge on any atom is 0.326 e. The Bertz CT molecular complexity index is 876. The van der Waals surface area contributed by atoms with Crippen LogP contribution in [0.5, 0.6) is 0 Å². The fraction of sp³-hybridized carbons (Fsp3) is 0.400. The van der Waals surface area contributed by atoms with Crippen molar-refractivity contribution in [1.29, 1.82) is 0 Å². The van der Waals surface area contributed by atoms with E-state index in [1.165, 1.54) is 0 Å². The number of carbonyl (C=O) groups excluding carboxylic acids is 4. The quantitative estimate of drug-likeness (QED) is 0.153. The van der Waals surface area contributed by atoms with E-state index in [9.17, 15) is 33.9 Å². The summed E-state index contributed by atoms with van der Waals surface area (Å²) >= 11 is 0. The standard InChI is InChI=1S/C20H27N5O8/c21-10-16(27)23-12(6-7-15(22)26)18(30)24-13(8-11-4-2-1-3-5-11)19(31)25-14(20(32)33)9-17(28)29/h1-5,12-14H,6-10,21H2,(H2,22,26)(H,23,27)(H,24,30)(H,25,31)(H,28,29)(H,32,33). The molecule has 0 aliphatic rings. The number of amides is 4. The van der Waals surface area contributed by atoms with E-state index in [0.29, 0.717) is 5.56 Å². The zero-order chi connectivity index (χ0) is 25.0. The molecule has 0 aromatic heterocycles. The number of nitrogens with one attached hydrogen (secondary N) is 3. The Morgan fingerprint density at radius 1 is 0.848 bits per heavy atom. The molecule has 0 bridgehead atoms. The zero-order valence-electron chi connectivity index (χ0n) is 17.7. The molecule has 33 heavy (non-hydrogen) atoms. The third-order valence-electron chi connectivity index (χ3n) is 4.43. The second-order valence-electron chi connectivity index (χ2n) is 7.08. The summed E-state index contributed by atoms with van der Waals surface area (Å²) in [6, 6.07) is 4.15. The molecule has 13 heteroatoms. The highest BCUT2D eigenvalue weighted by Crippen LogP contribution is 2.06. The minimum Gasteiger partial charge on any atom is -0.481 e. The number of hydrogen-bond acceptors (Lipinski definition) is 7. The predicted molar refractivity (Wildman–Crippen MR) is 113 cm³/mol. The minimum atomic E-state index is -1.73. The molecule has 1 aromatic carbocycles. The number of primary amides is 1. The van der Waals surface area contributed by atoms with Crippen LogP contribution >= 0.6 is 0 Å². The number of carboxylic acids is 2. The summed E-state index contributed by atoms with van der Waals surface area (Å²) < 4.78 is 0. The number of rotatable bonds is 14. The molecule has 0 fully saturated rings. The second kappa shape index (κ2) is 13.4. The smallest absolute Gasteiger partial charge is 0.326 e. The van der Waals surface area contributed by atoms with Crippen molar-refractivity contribution < 1.29 is 39.0 Å². The lowest BCUT2D eigenvalue weighted by atomic mass is 10.0. The highest BCUT2D eigenvalue weighted by Gasteiger charge is 2.30. The maximum absolute atomic E-state index is 12.8. The fourth-order valence-electron chi connectivity index (χ4n) is 2.79. The van der Waals surface area contributed by atoms with Crippen molar-refractivity contribution in [2.75, 3.05) is 6.54 Å². The van der Waals surface area contributed by atoms with E-state index in [4.69, 9.17) is 16.6 Å². The first-order chi connectivity index (χ1) is 15.5. The van der Waals surface area contributed by atoms with Gasteiger partial charge in [-0.3, -0.25) is 24.0 Å². The van der Waals surface area contributed by atoms with Crippen molar-refractivity contribution in [2.24, 2.45) is 11.5 Å². The van der Waals surface area contributed by atoms with Crippen LogP contribution in [-0.4, -0.2) is 70.5 Å². The van der Waals surface area contributed by atoms with E-state index >= 15 is 0 Å². The van der Waals surface area contributed by atoms with Gasteiger partial charge in [0, 0.05) is 12.8 Å². The highest BCUT2D eigenvalue weighted by molar-refractivity contribution is 5.94. The Hall–Kier alpha value is -4.00. The van der Waals surface area contributed by atoms with Crippen molar-refractivity contribution in [2.45, 2.75) is 43.8 Å². The number of benzene rings is 1. The molecule has 1 aromatic rings. The molecule has 0 aliphatic heterocycles. The van der Waals surface area contributed by atoms with Gasteiger partial charge in [-0.2, -0.15) is 0 Å². The average molecular weight is 465 g/mol. The Morgan fingerprint density at radius 3 is 1.94 bits per heavy atom. The second-order valence-corrected chi connectivity index (χ2v) is 7.08. The number of hydrogen-bond donors (Lipinski definition) is 7. The van der Waals surface area contributed by atoms with Gasteiger partial charge in [-0.25, -0.2) is 4.79 Å². The Morgan fingerprint density at radius 2 is 1.42 bits per heavy atom. The number of nitrogens with two attached hydrogens (primary N) is 2. The van der Waals surface area contributed by atoms with Crippen LogP contribution in [0.3, 0.4) is 0 Å². The van der Waals surface area contributed by atoms with Crippen LogP contribution in [0.1, 0.15) is 24.8 Å². The van der Waals surface area contributed by atoms with Crippen LogP contribution in [0.4, 0.5) is 0 Å². The molecule has 3 atom stereocenters. The van der Waals surface area contributed by atoms with Gasteiger partial charge in [0.05, 0.1) is 13.0 Å². The molecule has 4 amide bonds. The zero-order valence-corrected chi connectivity index (χ0v) is 17.7. The summed E-state index contributed by atoms with van der Waals surface area (Å²) in [6.07, 6.45) is -1.34. The topological polar surface area (TPSA) is 231 Å². The Kier molecular flexibility index (Phi) is 11.0. The molecule has 1 rings (SSSR count). The summed E-state index contributed by atoms with van der Waals surface area (Å²) in [7, 11) is 0. The van der Waals surface area contributed by atoms with E-state index < -0.39 is 66.7 Å². The fourth-order valence-corrected chi connectivity index (χ4v) is 2.79. The van der Waals surface area contributed by atoms with Gasteiger partial charge in [-0.05, 0) is 12.0 Å². The molecule has 180 valence electrons. The summed E-state index contributed by atoms with van der Waals surface area (Å²) in [6.45, 7) is -0.427. The van der Waals surface area contributed by atoms with Crippen molar-refractivity contribution in [3.8, 4) is 0 Å².